The summed E-state index contributed by atoms with van der Waals surface area (Å²) >= 11 is 1.43. The number of nitrogens with zero attached hydrogens (tertiary/aromatic N) is 1. The molecule has 6 N–H and O–H groups in total. The topological polar surface area (TPSA) is 151 Å². The zero-order valence-electron chi connectivity index (χ0n) is 18.3. The van der Waals surface area contributed by atoms with Crippen LogP contribution in [0.5, 0.6) is 0 Å². The number of carboxylic acid groups (broad SMARTS) is 1. The Balaban J connectivity index is 1.36. The number of hydrogen-bond donors (Lipinski definition) is 6. The third-order valence-corrected chi connectivity index (χ3v) is 8.53. The van der Waals surface area contributed by atoms with Gasteiger partial charge in [-0.2, -0.15) is 0 Å². The number of aliphatic hydroxyl groups is 2. The molecule has 32 heavy (non-hydrogen) atoms. The van der Waals surface area contributed by atoms with Crippen LogP contribution in [0, 0.1) is 11.8 Å². The lowest BCUT2D eigenvalue weighted by atomic mass is 9.79. The van der Waals surface area contributed by atoms with Gasteiger partial charge in [-0.1, -0.05) is 6.92 Å². The Kier molecular flexibility index (Phi) is 6.83. The number of fused-ring (bicyclic) bond motifs is 1. The number of thioether (sulfide) groups is 1. The van der Waals surface area contributed by atoms with Gasteiger partial charge in [0.2, 0.25) is 11.8 Å². The zero-order valence-corrected chi connectivity index (χ0v) is 19.1. The molecule has 8 atom stereocenters. The van der Waals surface area contributed by atoms with E-state index in [9.17, 15) is 29.7 Å². The number of carbonyl (C=O) groups is 3. The van der Waals surface area contributed by atoms with Crippen molar-refractivity contribution in [2.24, 2.45) is 11.8 Å². The summed E-state index contributed by atoms with van der Waals surface area (Å²) in [7, 11) is 0. The number of carbonyl (C=O) groups excluding carboxylic acids is 2. The lowest BCUT2D eigenvalue weighted by molar-refractivity contribution is -0.163. The van der Waals surface area contributed by atoms with Gasteiger partial charge in [-0.3, -0.25) is 9.59 Å². The van der Waals surface area contributed by atoms with Gasteiger partial charge >= 0.3 is 5.97 Å². The van der Waals surface area contributed by atoms with Gasteiger partial charge in [-0.15, -0.1) is 11.8 Å². The molecule has 0 spiro atoms. The fourth-order valence-electron chi connectivity index (χ4n) is 5.37. The molecule has 4 rings (SSSR count). The molecule has 3 saturated heterocycles. The highest BCUT2D eigenvalue weighted by atomic mass is 32.2. The van der Waals surface area contributed by atoms with Gasteiger partial charge in [0.25, 0.3) is 0 Å². The number of rotatable bonds is 8. The first-order chi connectivity index (χ1) is 15.2. The smallest absolute Gasteiger partial charge is 0.353 e. The van der Waals surface area contributed by atoms with Crippen molar-refractivity contribution < 1.29 is 29.7 Å². The Bertz CT molecular complexity index is 814. The Morgan fingerprint density at radius 2 is 2.06 bits per heavy atom. The van der Waals surface area contributed by atoms with Crippen molar-refractivity contribution in [3.63, 3.8) is 0 Å². The van der Waals surface area contributed by atoms with Crippen molar-refractivity contribution in [3.05, 3.63) is 10.6 Å². The van der Waals surface area contributed by atoms with E-state index in [1.165, 1.54) is 16.7 Å². The summed E-state index contributed by atoms with van der Waals surface area (Å²) in [5.41, 5.74) is 0.0166. The van der Waals surface area contributed by atoms with Crippen LogP contribution >= 0.6 is 11.8 Å². The van der Waals surface area contributed by atoms with E-state index in [0.717, 1.165) is 19.5 Å². The summed E-state index contributed by atoms with van der Waals surface area (Å²) in [4.78, 5) is 38.6. The summed E-state index contributed by atoms with van der Waals surface area (Å²) in [5.74, 6) is -2.41. The summed E-state index contributed by atoms with van der Waals surface area (Å²) in [6.45, 7) is 5.66. The highest BCUT2D eigenvalue weighted by molar-refractivity contribution is 8.03. The van der Waals surface area contributed by atoms with Gasteiger partial charge in [0.15, 0.2) is 0 Å². The molecule has 0 aromatic rings. The number of nitrogens with one attached hydrogen (secondary N) is 3. The first-order valence-electron chi connectivity index (χ1n) is 11.3. The van der Waals surface area contributed by atoms with Crippen LogP contribution in [0.25, 0.3) is 0 Å². The Morgan fingerprint density at radius 3 is 2.69 bits per heavy atom. The van der Waals surface area contributed by atoms with Crippen LogP contribution in [0.15, 0.2) is 10.6 Å². The number of amides is 2. The Hall–Kier alpha value is -1.66. The number of aliphatic carboxylic acids is 1. The molecule has 0 aromatic heterocycles. The third kappa shape index (κ3) is 4.28. The van der Waals surface area contributed by atoms with Crippen LogP contribution in [0.3, 0.4) is 0 Å². The maximum Gasteiger partial charge on any atom is 0.353 e. The molecule has 11 heteroatoms. The molecule has 4 heterocycles. The predicted molar refractivity (Wildman–Crippen MR) is 117 cm³/mol. The van der Waals surface area contributed by atoms with Crippen molar-refractivity contribution in [3.8, 4) is 0 Å². The lowest BCUT2D eigenvalue weighted by Gasteiger charge is -2.46. The van der Waals surface area contributed by atoms with Gasteiger partial charge in [0.1, 0.15) is 5.70 Å². The van der Waals surface area contributed by atoms with Crippen molar-refractivity contribution >= 4 is 29.5 Å². The van der Waals surface area contributed by atoms with Crippen LogP contribution in [0.2, 0.25) is 0 Å². The van der Waals surface area contributed by atoms with Crippen molar-refractivity contribution in [2.45, 2.75) is 68.7 Å². The van der Waals surface area contributed by atoms with Gasteiger partial charge in [0.05, 0.1) is 30.6 Å². The van der Waals surface area contributed by atoms with E-state index in [1.807, 2.05) is 6.92 Å². The summed E-state index contributed by atoms with van der Waals surface area (Å²) in [6, 6.07) is -0.478. The Morgan fingerprint density at radius 1 is 1.31 bits per heavy atom. The summed E-state index contributed by atoms with van der Waals surface area (Å²) in [5, 5.41) is 39.7. The standard InChI is InChI=1S/C21H32N4O6S/c1-9-17-16(10(2)26)20(29)25(17)18(21(30)31)19(9)32-12-5-13(23-8-12)14(27)6-15(28)24-11-3-4-22-7-11/h9-14,16-17,22-23,26-27H,3-8H2,1-2H3,(H,24,28)(H,30,31)/t9?,10?,11?,12?,13?,14?,16?,17-/m1/s1. The number of carboxylic acids is 1. The van der Waals surface area contributed by atoms with E-state index in [0.29, 0.717) is 17.9 Å². The highest BCUT2D eigenvalue weighted by Gasteiger charge is 2.60. The molecule has 178 valence electrons. The monoisotopic (exact) mass is 468 g/mol. The fourth-order valence-corrected chi connectivity index (χ4v) is 6.86. The molecule has 4 aliphatic heterocycles. The molecular weight excluding hydrogens is 436 g/mol. The van der Waals surface area contributed by atoms with Gasteiger partial charge in [-0.25, -0.2) is 4.79 Å². The average Bonchev–Trinajstić information content (AvgIpc) is 3.42. The van der Waals surface area contributed by atoms with Crippen LogP contribution in [-0.4, -0.2) is 93.2 Å². The SMILES string of the molecule is CC(O)C1C(=O)N2C(C(=O)O)=C(SC3CNC(C(O)CC(=O)NC4CCNC4)C3)C(C)[C@H]12. The normalized spacial score (nSPS) is 36.1. The van der Waals surface area contributed by atoms with E-state index in [-0.39, 0.29) is 53.2 Å². The number of β-lactam (4-membered cyclic amide) rings is 1. The average molecular weight is 469 g/mol. The molecular formula is C21H32N4O6S. The quantitative estimate of drug-likeness (QED) is 0.242. The molecule has 0 aromatic carbocycles. The van der Waals surface area contributed by atoms with Gasteiger partial charge in [0, 0.05) is 41.2 Å². The van der Waals surface area contributed by atoms with Crippen LogP contribution in [-0.2, 0) is 14.4 Å². The minimum atomic E-state index is -1.14. The van der Waals surface area contributed by atoms with E-state index in [1.54, 1.807) is 6.92 Å². The molecule has 0 saturated carbocycles. The number of hydrogen-bond acceptors (Lipinski definition) is 8. The molecule has 0 aliphatic carbocycles. The van der Waals surface area contributed by atoms with Gasteiger partial charge in [-0.05, 0) is 26.3 Å². The second kappa shape index (κ2) is 9.30. The fraction of sp³-hybridized carbons (Fsp3) is 0.762. The molecule has 4 aliphatic rings. The third-order valence-electron chi connectivity index (χ3n) is 7.01. The van der Waals surface area contributed by atoms with Gasteiger partial charge < -0.3 is 36.2 Å². The van der Waals surface area contributed by atoms with Crippen LogP contribution in [0.1, 0.15) is 33.1 Å². The molecule has 3 fully saturated rings. The van der Waals surface area contributed by atoms with E-state index in [2.05, 4.69) is 16.0 Å². The van der Waals surface area contributed by atoms with E-state index in [4.69, 9.17) is 0 Å². The first kappa shape index (κ1) is 23.5. The zero-order chi connectivity index (χ0) is 23.2. The maximum atomic E-state index is 12.5. The molecule has 0 radical (unpaired) electrons. The van der Waals surface area contributed by atoms with Crippen LogP contribution < -0.4 is 16.0 Å². The molecule has 0 bridgehead atoms. The van der Waals surface area contributed by atoms with Crippen LogP contribution in [0.4, 0.5) is 0 Å². The predicted octanol–water partition coefficient (Wildman–Crippen LogP) is -1.17. The van der Waals surface area contributed by atoms with E-state index < -0.39 is 24.1 Å². The molecule has 7 unspecified atom stereocenters. The highest BCUT2D eigenvalue weighted by Crippen LogP contribution is 2.51. The van der Waals surface area contributed by atoms with Crippen molar-refractivity contribution in [2.75, 3.05) is 19.6 Å². The number of aliphatic hydroxyl groups excluding tert-OH is 2. The first-order valence-corrected chi connectivity index (χ1v) is 12.1. The maximum absolute atomic E-state index is 12.5. The minimum Gasteiger partial charge on any atom is -0.477 e. The Labute approximate surface area is 191 Å². The second-order valence-electron chi connectivity index (χ2n) is 9.29. The largest absolute Gasteiger partial charge is 0.477 e. The van der Waals surface area contributed by atoms with E-state index >= 15 is 0 Å². The molecule has 10 nitrogen and oxygen atoms in total. The van der Waals surface area contributed by atoms with Crippen molar-refractivity contribution in [1.29, 1.82) is 0 Å². The second-order valence-corrected chi connectivity index (χ2v) is 10.6. The van der Waals surface area contributed by atoms with Crippen molar-refractivity contribution in [1.82, 2.24) is 20.9 Å². The summed E-state index contributed by atoms with van der Waals surface area (Å²) < 4.78 is 0. The summed E-state index contributed by atoms with van der Waals surface area (Å²) in [6.07, 6.45) is -0.163. The lowest BCUT2D eigenvalue weighted by Crippen LogP contribution is -2.63. The molecule has 2 amide bonds. The minimum absolute atomic E-state index is 0.0161.